The summed E-state index contributed by atoms with van der Waals surface area (Å²) in [4.78, 5) is 32.1. The summed E-state index contributed by atoms with van der Waals surface area (Å²) in [5.41, 5.74) is 2.74. The number of amides is 1. The number of nitrogens with zero attached hydrogens (tertiary/aromatic N) is 2. The van der Waals surface area contributed by atoms with Gasteiger partial charge >= 0.3 is 0 Å². The van der Waals surface area contributed by atoms with E-state index in [-0.39, 0.29) is 17.9 Å². The largest absolute Gasteiger partial charge is 0.507 e. The van der Waals surface area contributed by atoms with E-state index in [1.165, 1.54) is 4.90 Å². The molecule has 7 nitrogen and oxygen atoms in total. The van der Waals surface area contributed by atoms with E-state index in [9.17, 15) is 14.7 Å². The van der Waals surface area contributed by atoms with E-state index in [0.717, 1.165) is 17.5 Å². The molecule has 1 atom stereocenters. The number of pyridine rings is 1. The lowest BCUT2D eigenvalue weighted by atomic mass is 9.93. The summed E-state index contributed by atoms with van der Waals surface area (Å²) in [6, 6.07) is 15.3. The maximum atomic E-state index is 13.3. The fourth-order valence-electron chi connectivity index (χ4n) is 4.22. The van der Waals surface area contributed by atoms with E-state index in [0.29, 0.717) is 29.2 Å². The molecule has 1 fully saturated rings. The lowest BCUT2D eigenvalue weighted by Crippen LogP contribution is -2.29. The zero-order valence-electron chi connectivity index (χ0n) is 20.0. The van der Waals surface area contributed by atoms with Crippen LogP contribution in [0, 0.1) is 6.92 Å². The molecule has 4 rings (SSSR count). The number of rotatable bonds is 8. The van der Waals surface area contributed by atoms with E-state index < -0.39 is 17.7 Å². The molecular formula is C28H28N2O5. The molecule has 0 aliphatic carbocycles. The summed E-state index contributed by atoms with van der Waals surface area (Å²) in [5, 5.41) is 11.4. The Hall–Kier alpha value is -4.13. The number of ketones is 1. The molecule has 0 radical (unpaired) electrons. The number of likely N-dealkylation sites (tertiary alicyclic amines) is 1. The number of benzene rings is 2. The van der Waals surface area contributed by atoms with Crippen LogP contribution in [0.3, 0.4) is 0 Å². The van der Waals surface area contributed by atoms with Crippen molar-refractivity contribution in [2.45, 2.75) is 32.9 Å². The van der Waals surface area contributed by atoms with Crippen LogP contribution in [-0.4, -0.2) is 40.4 Å². The van der Waals surface area contributed by atoms with Gasteiger partial charge in [-0.1, -0.05) is 25.1 Å². The number of aliphatic hydroxyl groups is 1. The highest BCUT2D eigenvalue weighted by Crippen LogP contribution is 2.41. The fraction of sp³-hybridized carbons (Fsp3) is 0.250. The predicted molar refractivity (Wildman–Crippen MR) is 132 cm³/mol. The van der Waals surface area contributed by atoms with Gasteiger partial charge in [0, 0.05) is 24.5 Å². The fourth-order valence-corrected chi connectivity index (χ4v) is 4.22. The predicted octanol–water partition coefficient (Wildman–Crippen LogP) is 4.81. The zero-order chi connectivity index (χ0) is 24.9. The van der Waals surface area contributed by atoms with Gasteiger partial charge in [0.1, 0.15) is 17.3 Å². The van der Waals surface area contributed by atoms with Crippen LogP contribution in [0.4, 0.5) is 0 Å². The molecule has 1 aliphatic rings. The van der Waals surface area contributed by atoms with E-state index in [1.807, 2.05) is 26.0 Å². The number of hydrogen-bond acceptors (Lipinski definition) is 6. The standard InChI is InChI=1S/C28H28N2O5/c1-4-14-35-22-11-12-23(18(2)15-22)26(31)24-25(20-7-9-21(34-3)10-8-20)30(28(33)27(24)32)17-19-6-5-13-29-16-19/h5-13,15-16,25,31H,4,14,17H2,1-3H3. The topological polar surface area (TPSA) is 89.0 Å². The van der Waals surface area contributed by atoms with Gasteiger partial charge in [-0.3, -0.25) is 14.6 Å². The van der Waals surface area contributed by atoms with E-state index in [2.05, 4.69) is 4.98 Å². The highest BCUT2D eigenvalue weighted by molar-refractivity contribution is 6.46. The van der Waals surface area contributed by atoms with Gasteiger partial charge in [-0.2, -0.15) is 0 Å². The van der Waals surface area contributed by atoms with Crippen LogP contribution >= 0.6 is 0 Å². The summed E-state index contributed by atoms with van der Waals surface area (Å²) in [5.74, 6) is -0.270. The molecular weight excluding hydrogens is 444 g/mol. The van der Waals surface area contributed by atoms with Crippen molar-refractivity contribution < 1.29 is 24.2 Å². The molecule has 1 aromatic heterocycles. The summed E-state index contributed by atoms with van der Waals surface area (Å²) >= 11 is 0. The van der Waals surface area contributed by atoms with Crippen LogP contribution in [0.25, 0.3) is 5.76 Å². The van der Waals surface area contributed by atoms with Gasteiger partial charge in [-0.25, -0.2) is 0 Å². The number of aromatic nitrogens is 1. The third kappa shape index (κ3) is 4.89. The highest BCUT2D eigenvalue weighted by atomic mass is 16.5. The molecule has 2 aromatic carbocycles. The minimum Gasteiger partial charge on any atom is -0.507 e. The molecule has 3 aromatic rings. The SMILES string of the molecule is CCCOc1ccc(C(O)=C2C(=O)C(=O)N(Cc3cccnc3)C2c2ccc(OC)cc2)c(C)c1. The minimum absolute atomic E-state index is 0.0504. The minimum atomic E-state index is -0.767. The van der Waals surface area contributed by atoms with Gasteiger partial charge in [0.15, 0.2) is 0 Å². The van der Waals surface area contributed by atoms with Gasteiger partial charge in [0.2, 0.25) is 0 Å². The Morgan fingerprint density at radius 2 is 1.83 bits per heavy atom. The first-order chi connectivity index (χ1) is 16.9. The second kappa shape index (κ2) is 10.4. The van der Waals surface area contributed by atoms with Crippen LogP contribution in [0.2, 0.25) is 0 Å². The molecule has 7 heteroatoms. The van der Waals surface area contributed by atoms with Crippen LogP contribution in [0.5, 0.6) is 11.5 Å². The van der Waals surface area contributed by atoms with Crippen molar-refractivity contribution in [2.75, 3.05) is 13.7 Å². The molecule has 0 spiro atoms. The number of Topliss-reactive ketones (excluding diaryl/α,β-unsaturated/α-hetero) is 1. The highest BCUT2D eigenvalue weighted by Gasteiger charge is 2.46. The average molecular weight is 473 g/mol. The molecule has 35 heavy (non-hydrogen) atoms. The maximum absolute atomic E-state index is 13.3. The Morgan fingerprint density at radius 1 is 1.09 bits per heavy atom. The Balaban J connectivity index is 1.82. The molecule has 0 saturated carbocycles. The molecule has 1 amide bonds. The lowest BCUT2D eigenvalue weighted by molar-refractivity contribution is -0.140. The quantitative estimate of drug-likeness (QED) is 0.288. The number of hydrogen-bond donors (Lipinski definition) is 1. The van der Waals surface area contributed by atoms with Crippen molar-refractivity contribution in [2.24, 2.45) is 0 Å². The second-order valence-corrected chi connectivity index (χ2v) is 8.39. The zero-order valence-corrected chi connectivity index (χ0v) is 20.0. The van der Waals surface area contributed by atoms with Crippen molar-refractivity contribution in [1.29, 1.82) is 0 Å². The van der Waals surface area contributed by atoms with Crippen LogP contribution in [-0.2, 0) is 16.1 Å². The maximum Gasteiger partial charge on any atom is 0.295 e. The first kappa shape index (κ1) is 24.0. The van der Waals surface area contributed by atoms with Crippen molar-refractivity contribution >= 4 is 17.4 Å². The molecule has 0 bridgehead atoms. The van der Waals surface area contributed by atoms with Crippen LogP contribution in [0.1, 0.15) is 41.6 Å². The number of methoxy groups -OCH3 is 1. The third-order valence-electron chi connectivity index (χ3n) is 5.97. The van der Waals surface area contributed by atoms with Gasteiger partial charge in [0.25, 0.3) is 11.7 Å². The molecule has 1 aliphatic heterocycles. The third-order valence-corrected chi connectivity index (χ3v) is 5.97. The Labute approximate surface area is 204 Å². The first-order valence-electron chi connectivity index (χ1n) is 11.5. The number of carbonyl (C=O) groups is 2. The number of aliphatic hydroxyl groups excluding tert-OH is 1. The van der Waals surface area contributed by atoms with Gasteiger partial charge in [-0.15, -0.1) is 0 Å². The monoisotopic (exact) mass is 472 g/mol. The molecule has 1 saturated heterocycles. The van der Waals surface area contributed by atoms with Crippen molar-refractivity contribution in [1.82, 2.24) is 9.88 Å². The number of carbonyl (C=O) groups excluding carboxylic acids is 2. The van der Waals surface area contributed by atoms with Gasteiger partial charge in [-0.05, 0) is 66.4 Å². The van der Waals surface area contributed by atoms with Gasteiger partial charge in [0.05, 0.1) is 25.3 Å². The smallest absolute Gasteiger partial charge is 0.295 e. The Morgan fingerprint density at radius 3 is 2.46 bits per heavy atom. The molecule has 2 heterocycles. The molecule has 1 N–H and O–H groups in total. The molecule has 180 valence electrons. The second-order valence-electron chi connectivity index (χ2n) is 8.39. The lowest BCUT2D eigenvalue weighted by Gasteiger charge is -2.25. The summed E-state index contributed by atoms with van der Waals surface area (Å²) in [7, 11) is 1.57. The van der Waals surface area contributed by atoms with E-state index in [1.54, 1.807) is 62.0 Å². The Kier molecular flexibility index (Phi) is 7.15. The summed E-state index contributed by atoms with van der Waals surface area (Å²) in [6.45, 7) is 4.62. The normalized spacial score (nSPS) is 17.0. The van der Waals surface area contributed by atoms with Crippen molar-refractivity contribution in [3.05, 3.63) is 94.8 Å². The average Bonchev–Trinajstić information content (AvgIpc) is 3.12. The number of ether oxygens (including phenoxy) is 2. The Bertz CT molecular complexity index is 1250. The van der Waals surface area contributed by atoms with E-state index >= 15 is 0 Å². The molecule has 1 unspecified atom stereocenters. The van der Waals surface area contributed by atoms with Crippen LogP contribution in [0.15, 0.2) is 72.6 Å². The number of aryl methyl sites for hydroxylation is 1. The summed E-state index contributed by atoms with van der Waals surface area (Å²) < 4.78 is 11.0. The van der Waals surface area contributed by atoms with E-state index in [4.69, 9.17) is 9.47 Å². The summed E-state index contributed by atoms with van der Waals surface area (Å²) in [6.07, 6.45) is 4.18. The van der Waals surface area contributed by atoms with Crippen LogP contribution < -0.4 is 9.47 Å². The van der Waals surface area contributed by atoms with Gasteiger partial charge < -0.3 is 19.5 Å². The first-order valence-corrected chi connectivity index (χ1v) is 11.5. The van der Waals surface area contributed by atoms with Crippen molar-refractivity contribution in [3.63, 3.8) is 0 Å². The van der Waals surface area contributed by atoms with Crippen molar-refractivity contribution in [3.8, 4) is 11.5 Å².